The van der Waals surface area contributed by atoms with E-state index in [-0.39, 0.29) is 5.91 Å². The van der Waals surface area contributed by atoms with E-state index in [1.165, 1.54) is 23.6 Å². The molecule has 0 spiro atoms. The zero-order chi connectivity index (χ0) is 20.6. The standard InChI is InChI=1S/C18H28N4O6/c1-9(23)13-16(26)20-14(10(2)24)18(28)22-8-4-6-12(22)17(27)21-7-3-5-11(21)15(25)19-13/h9-14,23-24H,3-8H2,1-2H3,(H,19,25)(H,20,26)/t9-,10-,11+,12+,13?,14+/m1/s1. The molecule has 6 atom stereocenters. The van der Waals surface area contributed by atoms with Gasteiger partial charge in [0, 0.05) is 13.1 Å². The van der Waals surface area contributed by atoms with Crippen LogP contribution in [0.3, 0.4) is 0 Å². The molecule has 10 heteroatoms. The van der Waals surface area contributed by atoms with Crippen LogP contribution in [0.25, 0.3) is 0 Å². The minimum atomic E-state index is -1.30. The number of carbonyl (C=O) groups is 4. The maximum absolute atomic E-state index is 13.1. The lowest BCUT2D eigenvalue weighted by Gasteiger charge is -2.35. The molecule has 156 valence electrons. The van der Waals surface area contributed by atoms with Gasteiger partial charge in [0.05, 0.1) is 12.2 Å². The molecule has 3 fully saturated rings. The Morgan fingerprint density at radius 1 is 0.786 bits per heavy atom. The van der Waals surface area contributed by atoms with Crippen LogP contribution >= 0.6 is 0 Å². The summed E-state index contributed by atoms with van der Waals surface area (Å²) in [6.45, 7) is 3.47. The summed E-state index contributed by atoms with van der Waals surface area (Å²) in [6.07, 6.45) is -0.215. The van der Waals surface area contributed by atoms with E-state index in [9.17, 15) is 29.4 Å². The van der Waals surface area contributed by atoms with Crippen LogP contribution in [0.5, 0.6) is 0 Å². The summed E-state index contributed by atoms with van der Waals surface area (Å²) in [6, 6.07) is -4.00. The van der Waals surface area contributed by atoms with Gasteiger partial charge in [0.1, 0.15) is 24.2 Å². The molecule has 0 bridgehead atoms. The number of aliphatic hydroxyl groups excluding tert-OH is 2. The summed E-state index contributed by atoms with van der Waals surface area (Å²) in [5.74, 6) is -2.08. The topological polar surface area (TPSA) is 139 Å². The minimum absolute atomic E-state index is 0.284. The number of aliphatic hydroxyl groups is 2. The van der Waals surface area contributed by atoms with Gasteiger partial charge in [-0.3, -0.25) is 19.2 Å². The summed E-state index contributed by atoms with van der Waals surface area (Å²) in [4.78, 5) is 54.5. The Balaban J connectivity index is 1.99. The molecule has 0 aromatic heterocycles. The number of amides is 4. The van der Waals surface area contributed by atoms with Crippen LogP contribution in [0.2, 0.25) is 0 Å². The largest absolute Gasteiger partial charge is 0.391 e. The lowest BCUT2D eigenvalue weighted by molar-refractivity contribution is -0.151. The van der Waals surface area contributed by atoms with Crippen molar-refractivity contribution >= 4 is 23.6 Å². The van der Waals surface area contributed by atoms with Crippen LogP contribution in [0.1, 0.15) is 39.5 Å². The van der Waals surface area contributed by atoms with E-state index in [1.54, 1.807) is 0 Å². The van der Waals surface area contributed by atoms with Gasteiger partial charge in [-0.05, 0) is 39.5 Å². The third kappa shape index (κ3) is 3.70. The molecule has 1 unspecified atom stereocenters. The Bertz CT molecular complexity index is 662. The van der Waals surface area contributed by atoms with Crippen LogP contribution in [-0.2, 0) is 19.2 Å². The van der Waals surface area contributed by atoms with Gasteiger partial charge in [0.2, 0.25) is 23.6 Å². The molecule has 3 saturated heterocycles. The van der Waals surface area contributed by atoms with Crippen molar-refractivity contribution in [1.82, 2.24) is 20.4 Å². The first-order chi connectivity index (χ1) is 13.2. The molecule has 0 radical (unpaired) electrons. The molecule has 3 aliphatic heterocycles. The van der Waals surface area contributed by atoms with Gasteiger partial charge < -0.3 is 30.6 Å². The molecule has 4 amide bonds. The van der Waals surface area contributed by atoms with Gasteiger partial charge in [0.15, 0.2) is 0 Å². The SMILES string of the molecule is C[C@@H](O)C1NC(=O)[C@@H]2CCCN2C(=O)[C@@H]2CCCN2C(=O)[C@H]([C@@H](C)O)NC1=O. The highest BCUT2D eigenvalue weighted by Crippen LogP contribution is 2.26. The van der Waals surface area contributed by atoms with E-state index < -0.39 is 54.1 Å². The number of fused-ring (bicyclic) bond motifs is 2. The Labute approximate surface area is 163 Å². The van der Waals surface area contributed by atoms with Gasteiger partial charge in [0.25, 0.3) is 0 Å². The van der Waals surface area contributed by atoms with Crippen molar-refractivity contribution in [2.24, 2.45) is 0 Å². The summed E-state index contributed by atoms with van der Waals surface area (Å²) >= 11 is 0. The van der Waals surface area contributed by atoms with Crippen LogP contribution in [0.4, 0.5) is 0 Å². The molecule has 3 aliphatic rings. The number of hydrogen-bond donors (Lipinski definition) is 4. The lowest BCUT2D eigenvalue weighted by Crippen LogP contribution is -2.64. The predicted molar refractivity (Wildman–Crippen MR) is 96.7 cm³/mol. The van der Waals surface area contributed by atoms with Gasteiger partial charge in [-0.15, -0.1) is 0 Å². The quantitative estimate of drug-likeness (QED) is 0.414. The first-order valence-electron chi connectivity index (χ1n) is 9.80. The van der Waals surface area contributed by atoms with Crippen LogP contribution in [-0.4, -0.2) is 93.1 Å². The van der Waals surface area contributed by atoms with E-state index in [2.05, 4.69) is 10.6 Å². The van der Waals surface area contributed by atoms with E-state index in [0.29, 0.717) is 38.8 Å². The van der Waals surface area contributed by atoms with Gasteiger partial charge in [-0.25, -0.2) is 0 Å². The summed E-state index contributed by atoms with van der Waals surface area (Å²) in [5.41, 5.74) is 0. The van der Waals surface area contributed by atoms with Crippen molar-refractivity contribution in [1.29, 1.82) is 0 Å². The lowest BCUT2D eigenvalue weighted by atomic mass is 10.0. The van der Waals surface area contributed by atoms with Crippen molar-refractivity contribution in [3.05, 3.63) is 0 Å². The molecule has 0 saturated carbocycles. The van der Waals surface area contributed by atoms with Crippen LogP contribution in [0.15, 0.2) is 0 Å². The fourth-order valence-electron chi connectivity index (χ4n) is 4.25. The average Bonchev–Trinajstić information content (AvgIpc) is 3.30. The Hall–Kier alpha value is -2.20. The molecule has 0 aliphatic carbocycles. The van der Waals surface area contributed by atoms with Crippen molar-refractivity contribution in [2.45, 2.75) is 75.9 Å². The third-order valence-corrected chi connectivity index (χ3v) is 5.77. The highest BCUT2D eigenvalue weighted by atomic mass is 16.3. The van der Waals surface area contributed by atoms with Crippen molar-refractivity contribution in [2.75, 3.05) is 13.1 Å². The molecule has 28 heavy (non-hydrogen) atoms. The van der Waals surface area contributed by atoms with Crippen LogP contribution in [0, 0.1) is 0 Å². The maximum atomic E-state index is 13.1. The number of carbonyl (C=O) groups excluding carboxylic acids is 4. The second kappa shape index (κ2) is 8.04. The molecular formula is C18H28N4O6. The van der Waals surface area contributed by atoms with Gasteiger partial charge in [-0.2, -0.15) is 0 Å². The third-order valence-electron chi connectivity index (χ3n) is 5.77. The van der Waals surface area contributed by atoms with Crippen molar-refractivity contribution in [3.8, 4) is 0 Å². The summed E-state index contributed by atoms with van der Waals surface area (Å²) < 4.78 is 0. The summed E-state index contributed by atoms with van der Waals surface area (Å²) in [5, 5.41) is 25.0. The normalized spacial score (nSPS) is 34.0. The first-order valence-corrected chi connectivity index (χ1v) is 9.80. The number of nitrogens with one attached hydrogen (secondary N) is 2. The van der Waals surface area contributed by atoms with Gasteiger partial charge >= 0.3 is 0 Å². The molecule has 10 nitrogen and oxygen atoms in total. The van der Waals surface area contributed by atoms with E-state index in [1.807, 2.05) is 0 Å². The fraction of sp³-hybridized carbons (Fsp3) is 0.778. The maximum Gasteiger partial charge on any atom is 0.248 e. The highest BCUT2D eigenvalue weighted by Gasteiger charge is 2.46. The van der Waals surface area contributed by atoms with Crippen LogP contribution < -0.4 is 10.6 Å². The molecule has 3 rings (SSSR count). The number of rotatable bonds is 2. The number of hydrogen-bond acceptors (Lipinski definition) is 6. The second-order valence-electron chi connectivity index (χ2n) is 7.83. The zero-order valence-corrected chi connectivity index (χ0v) is 16.1. The van der Waals surface area contributed by atoms with E-state index >= 15 is 0 Å². The molecule has 0 aromatic carbocycles. The zero-order valence-electron chi connectivity index (χ0n) is 16.1. The Morgan fingerprint density at radius 2 is 1.29 bits per heavy atom. The van der Waals surface area contributed by atoms with Crippen molar-refractivity contribution in [3.63, 3.8) is 0 Å². The van der Waals surface area contributed by atoms with Gasteiger partial charge in [-0.1, -0.05) is 0 Å². The Kier molecular flexibility index (Phi) is 5.90. The minimum Gasteiger partial charge on any atom is -0.391 e. The Morgan fingerprint density at radius 3 is 1.86 bits per heavy atom. The number of nitrogens with zero attached hydrogens (tertiary/aromatic N) is 2. The second-order valence-corrected chi connectivity index (χ2v) is 7.83. The van der Waals surface area contributed by atoms with E-state index in [0.717, 1.165) is 0 Å². The molecule has 3 heterocycles. The highest BCUT2D eigenvalue weighted by molar-refractivity contribution is 5.98. The molecular weight excluding hydrogens is 368 g/mol. The average molecular weight is 396 g/mol. The predicted octanol–water partition coefficient (Wildman–Crippen LogP) is -2.29. The molecule has 0 aromatic rings. The summed E-state index contributed by atoms with van der Waals surface area (Å²) in [7, 11) is 0. The van der Waals surface area contributed by atoms with Crippen molar-refractivity contribution < 1.29 is 29.4 Å². The monoisotopic (exact) mass is 396 g/mol. The molecule has 4 N–H and O–H groups in total. The van der Waals surface area contributed by atoms with E-state index in [4.69, 9.17) is 0 Å². The smallest absolute Gasteiger partial charge is 0.248 e. The fourth-order valence-corrected chi connectivity index (χ4v) is 4.25. The first kappa shape index (κ1) is 20.5.